The zero-order chi connectivity index (χ0) is 16.9. The van der Waals surface area contributed by atoms with Crippen LogP contribution in [0.3, 0.4) is 0 Å². The van der Waals surface area contributed by atoms with Crippen LogP contribution in [0.5, 0.6) is 0 Å². The lowest BCUT2D eigenvalue weighted by Gasteiger charge is -2.42. The average molecular weight is 334 g/mol. The van der Waals surface area contributed by atoms with E-state index in [4.69, 9.17) is 18.9 Å². The highest BCUT2D eigenvalue weighted by Crippen LogP contribution is 2.32. The van der Waals surface area contributed by atoms with Gasteiger partial charge < -0.3 is 18.9 Å². The Balaban J connectivity index is 1.71. The molecule has 6 nitrogen and oxygen atoms in total. The van der Waals surface area contributed by atoms with Gasteiger partial charge in [-0.15, -0.1) is 0 Å². The fraction of sp³-hybridized carbons (Fsp3) is 0.556. The Bertz CT molecular complexity index is 572. The highest BCUT2D eigenvalue weighted by atomic mass is 16.6. The minimum Gasteiger partial charge on any atom is -0.469 e. The van der Waals surface area contributed by atoms with Crippen molar-refractivity contribution >= 4 is 11.9 Å². The third kappa shape index (κ3) is 3.94. The molecular formula is C18H22O6. The molecule has 1 aromatic carbocycles. The van der Waals surface area contributed by atoms with Gasteiger partial charge in [-0.2, -0.15) is 0 Å². The van der Waals surface area contributed by atoms with Crippen LogP contribution in [0.15, 0.2) is 30.3 Å². The number of benzene rings is 1. The maximum Gasteiger partial charge on any atom is 0.338 e. The number of rotatable bonds is 4. The highest BCUT2D eigenvalue weighted by Gasteiger charge is 2.42. The third-order valence-electron chi connectivity index (χ3n) is 4.47. The fourth-order valence-electron chi connectivity index (χ4n) is 3.21. The molecule has 6 heteroatoms. The van der Waals surface area contributed by atoms with Crippen LogP contribution >= 0.6 is 0 Å². The first kappa shape index (κ1) is 16.9. The molecule has 24 heavy (non-hydrogen) atoms. The largest absolute Gasteiger partial charge is 0.469 e. The molecule has 0 saturated carbocycles. The molecule has 1 aromatic rings. The number of hydrogen-bond acceptors (Lipinski definition) is 6. The average Bonchev–Trinajstić information content (AvgIpc) is 2.62. The lowest BCUT2D eigenvalue weighted by Crippen LogP contribution is -2.52. The van der Waals surface area contributed by atoms with Gasteiger partial charge in [0.1, 0.15) is 12.2 Å². The summed E-state index contributed by atoms with van der Waals surface area (Å²) < 4.78 is 22.1. The van der Waals surface area contributed by atoms with Crippen molar-refractivity contribution in [3.8, 4) is 0 Å². The first-order valence-electron chi connectivity index (χ1n) is 8.27. The van der Waals surface area contributed by atoms with Crippen molar-refractivity contribution in [1.82, 2.24) is 0 Å². The summed E-state index contributed by atoms with van der Waals surface area (Å²) in [6.07, 6.45) is 1.23. The summed E-state index contributed by atoms with van der Waals surface area (Å²) >= 11 is 0. The summed E-state index contributed by atoms with van der Waals surface area (Å²) in [5.74, 6) is -0.802. The zero-order valence-corrected chi connectivity index (χ0v) is 13.7. The molecule has 0 bridgehead atoms. The fourth-order valence-corrected chi connectivity index (χ4v) is 3.21. The Kier molecular flexibility index (Phi) is 5.48. The normalized spacial score (nSPS) is 29.4. The maximum atomic E-state index is 12.3. The SMILES string of the molecule is COC(=O)C[C@H]1O[C@@H]2CCCO[C@H]2C[C@@H]1OC(=O)c1ccccc1. The summed E-state index contributed by atoms with van der Waals surface area (Å²) in [4.78, 5) is 24.0. The molecule has 0 spiro atoms. The number of fused-ring (bicyclic) bond motifs is 1. The van der Waals surface area contributed by atoms with Gasteiger partial charge in [0.05, 0.1) is 31.3 Å². The van der Waals surface area contributed by atoms with Gasteiger partial charge in [0, 0.05) is 13.0 Å². The molecule has 2 aliphatic rings. The molecule has 130 valence electrons. The topological polar surface area (TPSA) is 71.1 Å². The second-order valence-electron chi connectivity index (χ2n) is 6.09. The first-order valence-corrected chi connectivity index (χ1v) is 8.27. The number of carbonyl (C=O) groups is 2. The molecule has 0 unspecified atom stereocenters. The van der Waals surface area contributed by atoms with Gasteiger partial charge in [-0.05, 0) is 25.0 Å². The van der Waals surface area contributed by atoms with Crippen molar-refractivity contribution in [2.45, 2.75) is 50.1 Å². The highest BCUT2D eigenvalue weighted by molar-refractivity contribution is 5.89. The van der Waals surface area contributed by atoms with E-state index in [0.29, 0.717) is 18.6 Å². The lowest BCUT2D eigenvalue weighted by atomic mass is 9.92. The number of carbonyl (C=O) groups excluding carboxylic acids is 2. The molecule has 0 radical (unpaired) electrons. The van der Waals surface area contributed by atoms with Gasteiger partial charge in [-0.25, -0.2) is 4.79 Å². The van der Waals surface area contributed by atoms with E-state index in [0.717, 1.165) is 12.8 Å². The number of esters is 2. The molecule has 3 rings (SSSR count). The number of ether oxygens (including phenoxy) is 4. The molecule has 0 aromatic heterocycles. The molecule has 0 N–H and O–H groups in total. The van der Waals surface area contributed by atoms with Crippen molar-refractivity contribution in [2.24, 2.45) is 0 Å². The number of methoxy groups -OCH3 is 1. The van der Waals surface area contributed by atoms with Crippen LogP contribution in [0.4, 0.5) is 0 Å². The van der Waals surface area contributed by atoms with Crippen molar-refractivity contribution in [3.05, 3.63) is 35.9 Å². The van der Waals surface area contributed by atoms with Gasteiger partial charge in [0.2, 0.25) is 0 Å². The molecule has 2 heterocycles. The third-order valence-corrected chi connectivity index (χ3v) is 4.47. The monoisotopic (exact) mass is 334 g/mol. The molecule has 4 atom stereocenters. The first-order chi connectivity index (χ1) is 11.7. The Morgan fingerprint density at radius 1 is 1.21 bits per heavy atom. The van der Waals surface area contributed by atoms with Crippen LogP contribution in [0, 0.1) is 0 Å². The van der Waals surface area contributed by atoms with Gasteiger partial charge in [0.25, 0.3) is 0 Å². The Hall–Kier alpha value is -1.92. The predicted octanol–water partition coefficient (Wildman–Crippen LogP) is 2.11. The van der Waals surface area contributed by atoms with Crippen LogP contribution < -0.4 is 0 Å². The van der Waals surface area contributed by atoms with Crippen LogP contribution in [-0.2, 0) is 23.7 Å². The van der Waals surface area contributed by atoms with Crippen LogP contribution in [0.2, 0.25) is 0 Å². The second kappa shape index (κ2) is 7.77. The van der Waals surface area contributed by atoms with Crippen LogP contribution in [0.1, 0.15) is 36.0 Å². The summed E-state index contributed by atoms with van der Waals surface area (Å²) in [7, 11) is 1.34. The predicted molar refractivity (Wildman–Crippen MR) is 84.5 cm³/mol. The van der Waals surface area contributed by atoms with Crippen LogP contribution in [0.25, 0.3) is 0 Å². The van der Waals surface area contributed by atoms with Crippen molar-refractivity contribution in [3.63, 3.8) is 0 Å². The van der Waals surface area contributed by atoms with Gasteiger partial charge in [-0.1, -0.05) is 18.2 Å². The Labute approximate surface area is 141 Å². The lowest BCUT2D eigenvalue weighted by molar-refractivity contribution is -0.206. The molecular weight excluding hydrogens is 312 g/mol. The van der Waals surface area contributed by atoms with Gasteiger partial charge in [-0.3, -0.25) is 4.79 Å². The van der Waals surface area contributed by atoms with E-state index in [2.05, 4.69) is 0 Å². The van der Waals surface area contributed by atoms with Gasteiger partial charge in [0.15, 0.2) is 0 Å². The van der Waals surface area contributed by atoms with Gasteiger partial charge >= 0.3 is 11.9 Å². The number of hydrogen-bond donors (Lipinski definition) is 0. The van der Waals surface area contributed by atoms with E-state index in [-0.39, 0.29) is 24.6 Å². The second-order valence-corrected chi connectivity index (χ2v) is 6.09. The zero-order valence-electron chi connectivity index (χ0n) is 13.7. The van der Waals surface area contributed by atoms with E-state index in [1.54, 1.807) is 24.3 Å². The minimum atomic E-state index is -0.531. The standard InChI is InChI=1S/C18H22O6/c1-21-17(19)11-16-15(10-14-13(23-16)8-5-9-22-14)24-18(20)12-6-3-2-4-7-12/h2-4,6-7,13-16H,5,8-11H2,1H3/t13-,14+,15+,16-/m1/s1. The maximum absolute atomic E-state index is 12.3. The van der Waals surface area contributed by atoms with E-state index < -0.39 is 18.2 Å². The van der Waals surface area contributed by atoms with E-state index >= 15 is 0 Å². The van der Waals surface area contributed by atoms with E-state index in [1.165, 1.54) is 7.11 Å². The Morgan fingerprint density at radius 3 is 2.75 bits per heavy atom. The van der Waals surface area contributed by atoms with Crippen LogP contribution in [-0.4, -0.2) is 50.1 Å². The van der Waals surface area contributed by atoms with Crippen molar-refractivity contribution < 1.29 is 28.5 Å². The summed E-state index contributed by atoms with van der Waals surface area (Å²) in [6, 6.07) is 8.78. The molecule has 0 amide bonds. The summed E-state index contributed by atoms with van der Waals surface area (Å²) in [5, 5.41) is 0. The smallest absolute Gasteiger partial charge is 0.338 e. The Morgan fingerprint density at radius 2 is 2.00 bits per heavy atom. The minimum absolute atomic E-state index is 0.0555. The molecule has 2 aliphatic heterocycles. The quantitative estimate of drug-likeness (QED) is 0.786. The van der Waals surface area contributed by atoms with E-state index in [1.807, 2.05) is 6.07 Å². The van der Waals surface area contributed by atoms with Crippen molar-refractivity contribution in [2.75, 3.05) is 13.7 Å². The molecule has 2 saturated heterocycles. The molecule has 2 fully saturated rings. The molecule has 0 aliphatic carbocycles. The van der Waals surface area contributed by atoms with E-state index in [9.17, 15) is 9.59 Å². The summed E-state index contributed by atoms with van der Waals surface area (Å²) in [6.45, 7) is 0.686. The summed E-state index contributed by atoms with van der Waals surface area (Å²) in [5.41, 5.74) is 0.473. The van der Waals surface area contributed by atoms with Crippen molar-refractivity contribution in [1.29, 1.82) is 0 Å².